The molecule has 0 bridgehead atoms. The van der Waals surface area contributed by atoms with Crippen LogP contribution in [0.5, 0.6) is 0 Å². The Kier molecular flexibility index (Phi) is 6.59. The summed E-state index contributed by atoms with van der Waals surface area (Å²) in [6, 6.07) is 14.9. The minimum Gasteiger partial charge on any atom is -0.468 e. The quantitative estimate of drug-likeness (QED) is 0.593. The number of hydrogen-bond acceptors (Lipinski definition) is 4. The van der Waals surface area contributed by atoms with Gasteiger partial charge in [-0.05, 0) is 29.7 Å². The van der Waals surface area contributed by atoms with Crippen LogP contribution in [0.4, 0.5) is 0 Å². The fourth-order valence-electron chi connectivity index (χ4n) is 4.25. The smallest absolute Gasteiger partial charge is 0.327 e. The number of nitrogens with one attached hydrogen (secondary N) is 1. The van der Waals surface area contributed by atoms with Gasteiger partial charge in [0.15, 0.2) is 0 Å². The van der Waals surface area contributed by atoms with Crippen molar-refractivity contribution in [2.24, 2.45) is 0 Å². The third-order valence-corrected chi connectivity index (χ3v) is 6.28. The predicted octanol–water partition coefficient (Wildman–Crippen LogP) is 3.81. The number of H-pyrrole nitrogens is 1. The third-order valence-electron chi connectivity index (χ3n) is 5.94. The summed E-state index contributed by atoms with van der Waals surface area (Å²) in [4.78, 5) is 32.5. The first-order valence-corrected chi connectivity index (χ1v) is 10.9. The molecule has 1 saturated heterocycles. The van der Waals surface area contributed by atoms with Gasteiger partial charge < -0.3 is 14.6 Å². The number of hydrogen-bond donors (Lipinski definition) is 1. The lowest BCUT2D eigenvalue weighted by atomic mass is 10.0. The van der Waals surface area contributed by atoms with Crippen molar-refractivity contribution in [1.29, 1.82) is 0 Å². The van der Waals surface area contributed by atoms with E-state index in [0.717, 1.165) is 16.6 Å². The first-order chi connectivity index (χ1) is 15.1. The number of carbonyl (C=O) groups excluding carboxylic acids is 2. The number of fused-ring (bicyclic) bond motifs is 1. The van der Waals surface area contributed by atoms with E-state index in [-0.39, 0.29) is 11.9 Å². The number of benzene rings is 2. The summed E-state index contributed by atoms with van der Waals surface area (Å²) in [6.07, 6.45) is 3.15. The monoisotopic (exact) mass is 439 g/mol. The average molecular weight is 440 g/mol. The zero-order valence-electron chi connectivity index (χ0n) is 17.5. The molecule has 1 aromatic heterocycles. The molecular weight excluding hydrogens is 414 g/mol. The van der Waals surface area contributed by atoms with Gasteiger partial charge >= 0.3 is 5.97 Å². The van der Waals surface area contributed by atoms with E-state index in [9.17, 15) is 9.59 Å². The Bertz CT molecular complexity index is 1070. The van der Waals surface area contributed by atoms with Crippen molar-refractivity contribution in [3.05, 3.63) is 70.9 Å². The van der Waals surface area contributed by atoms with E-state index in [1.165, 1.54) is 12.5 Å². The summed E-state index contributed by atoms with van der Waals surface area (Å²) in [7, 11) is 1.39. The Hall–Kier alpha value is -2.83. The molecule has 162 valence electrons. The molecule has 4 rings (SSSR count). The topological polar surface area (TPSA) is 65.6 Å². The van der Waals surface area contributed by atoms with Crippen LogP contribution in [0.15, 0.2) is 54.7 Å². The molecule has 1 atom stereocenters. The highest BCUT2D eigenvalue weighted by Crippen LogP contribution is 2.29. The number of esters is 1. The Balaban J connectivity index is 1.37. The highest BCUT2D eigenvalue weighted by Gasteiger charge is 2.33. The molecule has 0 radical (unpaired) electrons. The number of piperazine rings is 1. The minimum absolute atomic E-state index is 0.136. The van der Waals surface area contributed by atoms with E-state index in [2.05, 4.69) is 11.1 Å². The van der Waals surface area contributed by atoms with Crippen LogP contribution in [0.2, 0.25) is 5.02 Å². The molecule has 7 heteroatoms. The second-order valence-electron chi connectivity index (χ2n) is 7.72. The Morgan fingerprint density at radius 3 is 2.52 bits per heavy atom. The van der Waals surface area contributed by atoms with Crippen molar-refractivity contribution in [3.8, 4) is 0 Å². The second-order valence-corrected chi connectivity index (χ2v) is 8.13. The van der Waals surface area contributed by atoms with Crippen LogP contribution < -0.4 is 0 Å². The first-order valence-electron chi connectivity index (χ1n) is 10.5. The van der Waals surface area contributed by atoms with Crippen LogP contribution in [-0.4, -0.2) is 59.9 Å². The molecule has 0 aliphatic carbocycles. The summed E-state index contributed by atoms with van der Waals surface area (Å²) in [5.74, 6) is -0.204. The lowest BCUT2D eigenvalue weighted by Crippen LogP contribution is -2.51. The first kappa shape index (κ1) is 21.4. The molecule has 0 unspecified atom stereocenters. The van der Waals surface area contributed by atoms with E-state index in [1.54, 1.807) is 6.07 Å². The molecule has 6 nitrogen and oxygen atoms in total. The van der Waals surface area contributed by atoms with E-state index < -0.39 is 6.04 Å². The van der Waals surface area contributed by atoms with Crippen molar-refractivity contribution < 1.29 is 14.3 Å². The number of para-hydroxylation sites is 1. The Labute approximate surface area is 186 Å². The molecular formula is C24H26ClN3O3. The number of rotatable bonds is 6. The number of ether oxygens (including phenoxy) is 1. The average Bonchev–Trinajstić information content (AvgIpc) is 3.22. The molecule has 3 aromatic rings. The second kappa shape index (κ2) is 9.54. The summed E-state index contributed by atoms with van der Waals surface area (Å²) >= 11 is 6.35. The van der Waals surface area contributed by atoms with E-state index in [0.29, 0.717) is 44.0 Å². The SMILES string of the molecule is COC(=O)[C@@H](c1ccccc1Cl)N1CCN(C(=O)CCc2c[nH]c3ccccc23)CC1. The van der Waals surface area contributed by atoms with Gasteiger partial charge in [-0.15, -0.1) is 0 Å². The van der Waals surface area contributed by atoms with Crippen molar-refractivity contribution in [1.82, 2.24) is 14.8 Å². The van der Waals surface area contributed by atoms with Gasteiger partial charge in [0.25, 0.3) is 0 Å². The molecule has 1 fully saturated rings. The lowest BCUT2D eigenvalue weighted by molar-refractivity contribution is -0.148. The normalized spacial score (nSPS) is 15.7. The van der Waals surface area contributed by atoms with Crippen molar-refractivity contribution in [2.75, 3.05) is 33.3 Å². The van der Waals surface area contributed by atoms with Gasteiger partial charge in [-0.2, -0.15) is 0 Å². The van der Waals surface area contributed by atoms with Crippen molar-refractivity contribution in [2.45, 2.75) is 18.9 Å². The fourth-order valence-corrected chi connectivity index (χ4v) is 4.49. The minimum atomic E-state index is -0.567. The number of nitrogens with zero attached hydrogens (tertiary/aromatic N) is 2. The van der Waals surface area contributed by atoms with E-state index >= 15 is 0 Å². The Morgan fingerprint density at radius 1 is 1.06 bits per heavy atom. The van der Waals surface area contributed by atoms with Gasteiger partial charge in [-0.3, -0.25) is 9.69 Å². The van der Waals surface area contributed by atoms with Crippen LogP contribution >= 0.6 is 11.6 Å². The summed E-state index contributed by atoms with van der Waals surface area (Å²) in [5.41, 5.74) is 2.98. The molecule has 31 heavy (non-hydrogen) atoms. The number of aromatic amines is 1. The van der Waals surface area contributed by atoms with Crippen LogP contribution in [0.1, 0.15) is 23.6 Å². The fraction of sp³-hybridized carbons (Fsp3) is 0.333. The van der Waals surface area contributed by atoms with Crippen LogP contribution in [0.25, 0.3) is 10.9 Å². The molecule has 0 spiro atoms. The zero-order valence-corrected chi connectivity index (χ0v) is 18.3. The van der Waals surface area contributed by atoms with Gasteiger partial charge in [-0.25, -0.2) is 4.79 Å². The van der Waals surface area contributed by atoms with Gasteiger partial charge in [0, 0.05) is 54.7 Å². The molecule has 2 aromatic carbocycles. The standard InChI is InChI=1S/C24H26ClN3O3/c1-31-24(30)23(19-7-2-4-8-20(19)25)28-14-12-27(13-15-28)22(29)11-10-17-16-26-21-9-5-3-6-18(17)21/h2-9,16,23,26H,10-15H2,1H3/t23-/m1/s1. The lowest BCUT2D eigenvalue weighted by Gasteiger charge is -2.38. The number of carbonyl (C=O) groups is 2. The highest BCUT2D eigenvalue weighted by molar-refractivity contribution is 6.31. The zero-order chi connectivity index (χ0) is 21.8. The van der Waals surface area contributed by atoms with Crippen molar-refractivity contribution in [3.63, 3.8) is 0 Å². The summed E-state index contributed by atoms with van der Waals surface area (Å²) in [5, 5.41) is 1.70. The largest absolute Gasteiger partial charge is 0.468 e. The predicted molar refractivity (Wildman–Crippen MR) is 121 cm³/mol. The van der Waals surface area contributed by atoms with Gasteiger partial charge in [-0.1, -0.05) is 48.0 Å². The van der Waals surface area contributed by atoms with Gasteiger partial charge in [0.05, 0.1) is 7.11 Å². The van der Waals surface area contributed by atoms with Gasteiger partial charge in [0.2, 0.25) is 5.91 Å². The molecule has 2 heterocycles. The molecule has 1 N–H and O–H groups in total. The molecule has 0 saturated carbocycles. The number of aryl methyl sites for hydroxylation is 1. The number of amides is 1. The van der Waals surface area contributed by atoms with E-state index in [4.69, 9.17) is 16.3 Å². The molecule has 1 aliphatic heterocycles. The summed E-state index contributed by atoms with van der Waals surface area (Å²) in [6.45, 7) is 2.32. The van der Waals surface area contributed by atoms with E-state index in [1.807, 2.05) is 52.4 Å². The van der Waals surface area contributed by atoms with Crippen LogP contribution in [0, 0.1) is 0 Å². The molecule has 1 amide bonds. The molecule has 1 aliphatic rings. The maximum Gasteiger partial charge on any atom is 0.327 e. The number of methoxy groups -OCH3 is 1. The van der Waals surface area contributed by atoms with Gasteiger partial charge in [0.1, 0.15) is 6.04 Å². The maximum atomic E-state index is 12.8. The van der Waals surface area contributed by atoms with Crippen LogP contribution in [-0.2, 0) is 20.7 Å². The van der Waals surface area contributed by atoms with Crippen LogP contribution in [0.3, 0.4) is 0 Å². The number of aromatic nitrogens is 1. The number of halogens is 1. The van der Waals surface area contributed by atoms with Crippen molar-refractivity contribution >= 4 is 34.4 Å². The third kappa shape index (κ3) is 4.60. The Morgan fingerprint density at radius 2 is 1.77 bits per heavy atom. The maximum absolute atomic E-state index is 12.8. The highest BCUT2D eigenvalue weighted by atomic mass is 35.5. The summed E-state index contributed by atoms with van der Waals surface area (Å²) < 4.78 is 5.04.